The molecule has 5 rings (SSSR count). The Bertz CT molecular complexity index is 1410. The van der Waals surface area contributed by atoms with Crippen molar-refractivity contribution in [1.82, 2.24) is 20.0 Å². The third-order valence-electron chi connectivity index (χ3n) is 5.54. The van der Waals surface area contributed by atoms with Gasteiger partial charge in [0.05, 0.1) is 17.6 Å². The number of H-pyrrole nitrogens is 1. The monoisotopic (exact) mass is 452 g/mol. The number of aryl methyl sites for hydroxylation is 1. The molecule has 0 aliphatic heterocycles. The second-order valence-corrected chi connectivity index (χ2v) is 7.94. The summed E-state index contributed by atoms with van der Waals surface area (Å²) in [6.07, 6.45) is 3.70. The Morgan fingerprint density at radius 1 is 0.941 bits per heavy atom. The van der Waals surface area contributed by atoms with Crippen molar-refractivity contribution in [1.29, 1.82) is 0 Å². The average Bonchev–Trinajstić information content (AvgIpc) is 3.49. The van der Waals surface area contributed by atoms with Gasteiger partial charge in [-0.3, -0.25) is 5.10 Å². The predicted molar refractivity (Wildman–Crippen MR) is 130 cm³/mol. The molecule has 5 aromatic rings. The summed E-state index contributed by atoms with van der Waals surface area (Å²) in [6, 6.07) is 23.0. The van der Waals surface area contributed by atoms with Crippen molar-refractivity contribution in [2.24, 2.45) is 0 Å². The van der Waals surface area contributed by atoms with Crippen LogP contribution in [0, 0.1) is 13.8 Å². The minimum atomic E-state index is 0.0990. The number of phenols is 1. The van der Waals surface area contributed by atoms with E-state index in [1.54, 1.807) is 16.9 Å². The van der Waals surface area contributed by atoms with Crippen LogP contribution in [0.15, 0.2) is 85.2 Å². The first kappa shape index (κ1) is 21.3. The number of ether oxygens (including phenoxy) is 2. The molecule has 0 atom stereocenters. The van der Waals surface area contributed by atoms with Gasteiger partial charge >= 0.3 is 0 Å². The van der Waals surface area contributed by atoms with E-state index in [1.807, 2.05) is 86.8 Å². The minimum Gasteiger partial charge on any atom is -0.507 e. The predicted octanol–water partition coefficient (Wildman–Crippen LogP) is 5.96. The van der Waals surface area contributed by atoms with Gasteiger partial charge in [0, 0.05) is 22.9 Å². The first-order valence-electron chi connectivity index (χ1n) is 10.9. The molecule has 2 aromatic heterocycles. The van der Waals surface area contributed by atoms with Crippen LogP contribution in [-0.4, -0.2) is 25.1 Å². The fourth-order valence-corrected chi connectivity index (χ4v) is 3.68. The van der Waals surface area contributed by atoms with Crippen molar-refractivity contribution < 1.29 is 14.6 Å². The van der Waals surface area contributed by atoms with Crippen LogP contribution in [0.25, 0.3) is 16.9 Å². The smallest absolute Gasteiger partial charge is 0.176 e. The maximum absolute atomic E-state index is 11.0. The number of rotatable bonds is 7. The van der Waals surface area contributed by atoms with Crippen molar-refractivity contribution in [3.63, 3.8) is 0 Å². The lowest BCUT2D eigenvalue weighted by Crippen LogP contribution is -1.98. The lowest BCUT2D eigenvalue weighted by Gasteiger charge is -2.13. The molecule has 34 heavy (non-hydrogen) atoms. The first-order chi connectivity index (χ1) is 16.6. The van der Waals surface area contributed by atoms with Crippen LogP contribution in [0.5, 0.6) is 23.0 Å². The highest BCUT2D eigenvalue weighted by Crippen LogP contribution is 2.42. The van der Waals surface area contributed by atoms with Gasteiger partial charge in [-0.25, -0.2) is 4.68 Å². The Morgan fingerprint density at radius 3 is 2.44 bits per heavy atom. The molecule has 2 N–H and O–H groups in total. The van der Waals surface area contributed by atoms with Crippen LogP contribution in [0.4, 0.5) is 0 Å². The Morgan fingerprint density at radius 2 is 1.68 bits per heavy atom. The number of aromatic amines is 1. The fraction of sp³-hybridized carbons (Fsp3) is 0.111. The lowest BCUT2D eigenvalue weighted by molar-refractivity contribution is 0.302. The lowest BCUT2D eigenvalue weighted by atomic mass is 10.0. The summed E-state index contributed by atoms with van der Waals surface area (Å²) in [5.41, 5.74) is 4.41. The van der Waals surface area contributed by atoms with E-state index in [0.717, 1.165) is 16.9 Å². The van der Waals surface area contributed by atoms with Crippen molar-refractivity contribution in [2.75, 3.05) is 0 Å². The number of nitrogens with zero attached hydrogens (tertiary/aromatic N) is 3. The van der Waals surface area contributed by atoms with Crippen LogP contribution in [-0.2, 0) is 6.61 Å². The first-order valence-corrected chi connectivity index (χ1v) is 10.9. The number of phenolic OH excluding ortho intramolecular Hbond substituents is 1. The quantitative estimate of drug-likeness (QED) is 0.318. The standard InChI is InChI=1S/C27H24N4O3/c1-18-24(33-17-20-15-28-31(16-20)21-9-5-3-6-10-21)14-13-23(26(18)32)25-27(19(2)29-30-25)34-22-11-7-4-8-12-22/h3-16,32H,17H2,1-2H3,(H,29,30). The van der Waals surface area contributed by atoms with E-state index < -0.39 is 0 Å². The summed E-state index contributed by atoms with van der Waals surface area (Å²) in [4.78, 5) is 0. The molecule has 2 heterocycles. The summed E-state index contributed by atoms with van der Waals surface area (Å²) in [5, 5.41) is 22.7. The SMILES string of the molecule is Cc1[nH]nc(-c2ccc(OCc3cnn(-c4ccccc4)c3)c(C)c2O)c1Oc1ccccc1. The minimum absolute atomic E-state index is 0.0990. The molecular weight excluding hydrogens is 428 g/mol. The molecule has 0 amide bonds. The van der Waals surface area contributed by atoms with Gasteiger partial charge in [0.2, 0.25) is 0 Å². The Balaban J connectivity index is 1.36. The molecule has 0 aliphatic carbocycles. The molecule has 0 saturated heterocycles. The van der Waals surface area contributed by atoms with E-state index in [1.165, 1.54) is 0 Å². The Kier molecular flexibility index (Phi) is 5.74. The van der Waals surface area contributed by atoms with E-state index in [0.29, 0.717) is 40.7 Å². The number of hydrogen-bond donors (Lipinski definition) is 2. The van der Waals surface area contributed by atoms with Crippen molar-refractivity contribution >= 4 is 0 Å². The molecule has 3 aromatic carbocycles. The maximum atomic E-state index is 11.0. The van der Waals surface area contributed by atoms with Crippen LogP contribution >= 0.6 is 0 Å². The average molecular weight is 453 g/mol. The maximum Gasteiger partial charge on any atom is 0.176 e. The summed E-state index contributed by atoms with van der Waals surface area (Å²) in [7, 11) is 0. The van der Waals surface area contributed by atoms with E-state index in [4.69, 9.17) is 9.47 Å². The third-order valence-corrected chi connectivity index (χ3v) is 5.54. The topological polar surface area (TPSA) is 85.2 Å². The van der Waals surface area contributed by atoms with Gasteiger partial charge in [0.15, 0.2) is 5.75 Å². The van der Waals surface area contributed by atoms with Gasteiger partial charge < -0.3 is 14.6 Å². The van der Waals surface area contributed by atoms with Crippen LogP contribution in [0.2, 0.25) is 0 Å². The Labute approximate surface area is 197 Å². The molecule has 0 radical (unpaired) electrons. The van der Waals surface area contributed by atoms with Gasteiger partial charge in [-0.1, -0.05) is 36.4 Å². The van der Waals surface area contributed by atoms with Gasteiger partial charge in [0.1, 0.15) is 29.5 Å². The molecule has 0 bridgehead atoms. The molecular formula is C27H24N4O3. The molecule has 0 unspecified atom stereocenters. The number of nitrogens with one attached hydrogen (secondary N) is 1. The van der Waals surface area contributed by atoms with E-state index >= 15 is 0 Å². The second kappa shape index (κ2) is 9.15. The molecule has 0 aliphatic rings. The number of aromatic hydroxyl groups is 1. The molecule has 7 heteroatoms. The third kappa shape index (κ3) is 4.23. The normalized spacial score (nSPS) is 10.9. The number of hydrogen-bond acceptors (Lipinski definition) is 5. The zero-order valence-electron chi connectivity index (χ0n) is 18.9. The van der Waals surface area contributed by atoms with Crippen molar-refractivity contribution in [2.45, 2.75) is 20.5 Å². The van der Waals surface area contributed by atoms with Gasteiger partial charge in [0.25, 0.3) is 0 Å². The second-order valence-electron chi connectivity index (χ2n) is 7.94. The fourth-order valence-electron chi connectivity index (χ4n) is 3.68. The van der Waals surface area contributed by atoms with Crippen LogP contribution in [0.1, 0.15) is 16.8 Å². The number of para-hydroxylation sites is 2. The van der Waals surface area contributed by atoms with Gasteiger partial charge in [-0.05, 0) is 50.2 Å². The molecule has 0 saturated carbocycles. The summed E-state index contributed by atoms with van der Waals surface area (Å²) in [5.74, 6) is 1.96. The van der Waals surface area contributed by atoms with E-state index in [-0.39, 0.29) is 5.75 Å². The molecule has 170 valence electrons. The highest BCUT2D eigenvalue weighted by molar-refractivity contribution is 5.76. The zero-order chi connectivity index (χ0) is 23.5. The largest absolute Gasteiger partial charge is 0.507 e. The molecule has 7 nitrogen and oxygen atoms in total. The number of aromatic nitrogens is 4. The van der Waals surface area contributed by atoms with Gasteiger partial charge in [-0.2, -0.15) is 10.2 Å². The van der Waals surface area contributed by atoms with Crippen LogP contribution in [0.3, 0.4) is 0 Å². The zero-order valence-corrected chi connectivity index (χ0v) is 18.9. The summed E-state index contributed by atoms with van der Waals surface area (Å²) < 4.78 is 13.9. The highest BCUT2D eigenvalue weighted by Gasteiger charge is 2.20. The van der Waals surface area contributed by atoms with E-state index in [9.17, 15) is 5.11 Å². The summed E-state index contributed by atoms with van der Waals surface area (Å²) in [6.45, 7) is 4.03. The Hall–Kier alpha value is -4.52. The van der Waals surface area contributed by atoms with E-state index in [2.05, 4.69) is 15.3 Å². The van der Waals surface area contributed by atoms with Crippen molar-refractivity contribution in [3.8, 4) is 39.9 Å². The molecule has 0 spiro atoms. The summed E-state index contributed by atoms with van der Waals surface area (Å²) >= 11 is 0. The van der Waals surface area contributed by atoms with Crippen molar-refractivity contribution in [3.05, 3.63) is 102 Å². The molecule has 0 fully saturated rings. The van der Waals surface area contributed by atoms with Crippen LogP contribution < -0.4 is 9.47 Å². The highest BCUT2D eigenvalue weighted by atomic mass is 16.5. The number of benzene rings is 3. The van der Waals surface area contributed by atoms with Gasteiger partial charge in [-0.15, -0.1) is 0 Å².